The summed E-state index contributed by atoms with van der Waals surface area (Å²) in [6.45, 7) is 2.41. The quantitative estimate of drug-likeness (QED) is 0.288. The second-order valence-corrected chi connectivity index (χ2v) is 10.9. The Labute approximate surface area is 252 Å². The van der Waals surface area contributed by atoms with E-state index in [0.717, 1.165) is 10.5 Å². The summed E-state index contributed by atoms with van der Waals surface area (Å²) in [5, 5.41) is 11.7. The summed E-state index contributed by atoms with van der Waals surface area (Å²) in [6.07, 6.45) is 0.336. The van der Waals surface area contributed by atoms with Gasteiger partial charge >= 0.3 is 6.03 Å². The minimum atomic E-state index is -1.06. The number of ether oxygens (including phenoxy) is 1. The Kier molecular flexibility index (Phi) is 8.65. The Balaban J connectivity index is 1.41. The molecule has 0 aromatic heterocycles. The summed E-state index contributed by atoms with van der Waals surface area (Å²) in [4.78, 5) is 49.6. The highest BCUT2D eigenvalue weighted by molar-refractivity contribution is 6.36. The normalized spacial score (nSPS) is 18.3. The zero-order chi connectivity index (χ0) is 30.8. The lowest BCUT2D eigenvalue weighted by atomic mass is 9.94. The van der Waals surface area contributed by atoms with Gasteiger partial charge in [0.15, 0.2) is 0 Å². The fourth-order valence-electron chi connectivity index (χ4n) is 5.30. The van der Waals surface area contributed by atoms with Gasteiger partial charge in [0.1, 0.15) is 17.5 Å². The average Bonchev–Trinajstić information content (AvgIpc) is 3.41. The van der Waals surface area contributed by atoms with Gasteiger partial charge in [-0.1, -0.05) is 41.9 Å². The minimum absolute atomic E-state index is 0.0416. The van der Waals surface area contributed by atoms with E-state index in [-0.39, 0.29) is 25.0 Å². The van der Waals surface area contributed by atoms with Crippen LogP contribution in [-0.4, -0.2) is 61.9 Å². The van der Waals surface area contributed by atoms with Crippen LogP contribution >= 0.6 is 11.6 Å². The number of carbonyl (C=O) groups excluding carboxylic acids is 4. The van der Waals surface area contributed by atoms with E-state index in [4.69, 9.17) is 16.3 Å². The molecule has 0 radical (unpaired) electrons. The van der Waals surface area contributed by atoms with Gasteiger partial charge < -0.3 is 26.0 Å². The number of hydrogen-bond acceptors (Lipinski definition) is 6. The van der Waals surface area contributed by atoms with Gasteiger partial charge in [-0.05, 0) is 41.8 Å². The van der Waals surface area contributed by atoms with Crippen molar-refractivity contribution in [1.29, 1.82) is 0 Å². The van der Waals surface area contributed by atoms with Crippen LogP contribution in [0.3, 0.4) is 0 Å². The summed E-state index contributed by atoms with van der Waals surface area (Å²) < 4.78 is 20.9. The fraction of sp³-hybridized carbons (Fsp3) is 0.290. The molecule has 3 aromatic rings. The monoisotopic (exact) mass is 607 g/mol. The van der Waals surface area contributed by atoms with Crippen LogP contribution < -0.4 is 26.0 Å². The fourth-order valence-corrected chi connectivity index (χ4v) is 5.63. The molecule has 2 aliphatic rings. The SMILES string of the molecule is COc1cc(-c2cccc(-c3cccc(NC(=O)C4CNC(=O)N(C)C4=O)c3C)c2Cl)cc(F)c1CN[C@@H]1CNC(=O)C1. The number of hydrogen-bond donors (Lipinski definition) is 4. The first kappa shape index (κ1) is 30.0. The molecule has 3 aromatic carbocycles. The number of nitrogens with zero attached hydrogens (tertiary/aromatic N) is 1. The molecule has 5 rings (SSSR count). The van der Waals surface area contributed by atoms with Gasteiger partial charge in [-0.25, -0.2) is 9.18 Å². The predicted octanol–water partition coefficient (Wildman–Crippen LogP) is 3.84. The largest absolute Gasteiger partial charge is 0.496 e. The van der Waals surface area contributed by atoms with Crippen LogP contribution in [0.5, 0.6) is 5.75 Å². The van der Waals surface area contributed by atoms with E-state index in [1.165, 1.54) is 20.2 Å². The van der Waals surface area contributed by atoms with Crippen LogP contribution in [-0.2, 0) is 20.9 Å². The molecule has 43 heavy (non-hydrogen) atoms. The maximum Gasteiger partial charge on any atom is 0.323 e. The smallest absolute Gasteiger partial charge is 0.323 e. The van der Waals surface area contributed by atoms with Crippen molar-refractivity contribution in [2.24, 2.45) is 5.92 Å². The Hall–Kier alpha value is -4.48. The Morgan fingerprint density at radius 2 is 1.79 bits per heavy atom. The molecule has 1 unspecified atom stereocenters. The number of anilines is 1. The highest BCUT2D eigenvalue weighted by Gasteiger charge is 2.36. The van der Waals surface area contributed by atoms with Crippen molar-refractivity contribution in [1.82, 2.24) is 20.9 Å². The lowest BCUT2D eigenvalue weighted by Crippen LogP contribution is -2.56. The van der Waals surface area contributed by atoms with Crippen molar-refractivity contribution >= 4 is 41.0 Å². The second-order valence-electron chi connectivity index (χ2n) is 10.5. The number of halogens is 2. The number of carbonyl (C=O) groups is 4. The number of methoxy groups -OCH3 is 1. The molecule has 2 heterocycles. The highest BCUT2D eigenvalue weighted by Crippen LogP contribution is 2.41. The van der Waals surface area contributed by atoms with E-state index >= 15 is 4.39 Å². The summed E-state index contributed by atoms with van der Waals surface area (Å²) in [5.41, 5.74) is 4.05. The summed E-state index contributed by atoms with van der Waals surface area (Å²) in [6, 6.07) is 13.3. The second kappa shape index (κ2) is 12.4. The van der Waals surface area contributed by atoms with E-state index in [1.54, 1.807) is 24.3 Å². The summed E-state index contributed by atoms with van der Waals surface area (Å²) in [5.74, 6) is -2.34. The van der Waals surface area contributed by atoms with Gasteiger partial charge in [0, 0.05) is 61.5 Å². The van der Waals surface area contributed by atoms with Crippen LogP contribution in [0.25, 0.3) is 22.3 Å². The standard InChI is InChI=1S/C31H31ClFN5O5/c1-16-19(6-5-9-25(16)37-29(40)23-15-36-31(42)38(2)30(23)41)21-8-4-7-20(28(21)32)17-10-24(33)22(26(11-17)43-3)14-34-18-12-27(39)35-13-18/h4-11,18,23,34H,12-15H2,1-3H3,(H,35,39)(H,36,42)(H,37,40)/t18-,23?/m0/s1. The van der Waals surface area contributed by atoms with Crippen molar-refractivity contribution in [3.05, 3.63) is 70.5 Å². The maximum atomic E-state index is 15.4. The van der Waals surface area contributed by atoms with Crippen molar-refractivity contribution in [2.45, 2.75) is 25.9 Å². The Bertz CT molecular complexity index is 1630. The molecule has 10 nitrogen and oxygen atoms in total. The van der Waals surface area contributed by atoms with Crippen LogP contribution in [0.1, 0.15) is 17.5 Å². The van der Waals surface area contributed by atoms with Crippen molar-refractivity contribution < 1.29 is 28.3 Å². The zero-order valence-electron chi connectivity index (χ0n) is 23.8. The van der Waals surface area contributed by atoms with Gasteiger partial charge in [0.05, 0.1) is 12.1 Å². The van der Waals surface area contributed by atoms with Crippen LogP contribution in [0.15, 0.2) is 48.5 Å². The predicted molar refractivity (Wildman–Crippen MR) is 160 cm³/mol. The zero-order valence-corrected chi connectivity index (χ0v) is 24.6. The van der Waals surface area contributed by atoms with Crippen molar-refractivity contribution in [3.63, 3.8) is 0 Å². The molecule has 224 valence electrons. The Morgan fingerprint density at radius 3 is 2.51 bits per heavy atom. The van der Waals surface area contributed by atoms with Crippen LogP contribution in [0.2, 0.25) is 5.02 Å². The summed E-state index contributed by atoms with van der Waals surface area (Å²) in [7, 11) is 2.79. The van der Waals surface area contributed by atoms with Gasteiger partial charge in [-0.3, -0.25) is 19.3 Å². The first-order chi connectivity index (χ1) is 20.6. The molecule has 0 spiro atoms. The Morgan fingerprint density at radius 1 is 1.07 bits per heavy atom. The van der Waals surface area contributed by atoms with Gasteiger partial charge in [0.2, 0.25) is 17.7 Å². The third kappa shape index (κ3) is 6.04. The molecule has 4 N–H and O–H groups in total. The lowest BCUT2D eigenvalue weighted by Gasteiger charge is -2.28. The lowest BCUT2D eigenvalue weighted by molar-refractivity contribution is -0.138. The van der Waals surface area contributed by atoms with E-state index in [2.05, 4.69) is 21.3 Å². The van der Waals surface area contributed by atoms with Gasteiger partial charge in [-0.2, -0.15) is 0 Å². The molecule has 0 saturated carbocycles. The number of rotatable bonds is 8. The third-order valence-corrected chi connectivity index (χ3v) is 8.23. The molecule has 2 atom stereocenters. The molecule has 2 aliphatic heterocycles. The van der Waals surface area contributed by atoms with Gasteiger partial charge in [-0.15, -0.1) is 0 Å². The number of imide groups is 1. The molecule has 2 saturated heterocycles. The topological polar surface area (TPSA) is 129 Å². The molecule has 5 amide bonds. The van der Waals surface area contributed by atoms with E-state index < -0.39 is 29.6 Å². The van der Waals surface area contributed by atoms with Crippen LogP contribution in [0.4, 0.5) is 14.9 Å². The van der Waals surface area contributed by atoms with Gasteiger partial charge in [0.25, 0.3) is 0 Å². The van der Waals surface area contributed by atoms with Crippen molar-refractivity contribution in [2.75, 3.05) is 32.6 Å². The molecule has 0 bridgehead atoms. The molecular formula is C31H31ClFN5O5. The van der Waals surface area contributed by atoms with E-state index in [1.807, 2.05) is 25.1 Å². The molecule has 2 fully saturated rings. The van der Waals surface area contributed by atoms with E-state index in [0.29, 0.717) is 57.2 Å². The third-order valence-electron chi connectivity index (χ3n) is 7.82. The average molecular weight is 608 g/mol. The first-order valence-corrected chi connectivity index (χ1v) is 14.1. The molecule has 0 aliphatic carbocycles. The summed E-state index contributed by atoms with van der Waals surface area (Å²) >= 11 is 6.93. The molecule has 12 heteroatoms. The molecular weight excluding hydrogens is 577 g/mol. The number of nitrogens with one attached hydrogen (secondary N) is 4. The maximum absolute atomic E-state index is 15.4. The first-order valence-electron chi connectivity index (χ1n) is 13.7. The van der Waals surface area contributed by atoms with Crippen LogP contribution in [0, 0.1) is 18.7 Å². The van der Waals surface area contributed by atoms with E-state index in [9.17, 15) is 19.2 Å². The highest BCUT2D eigenvalue weighted by atomic mass is 35.5. The number of urea groups is 1. The number of amides is 5. The number of benzene rings is 3. The minimum Gasteiger partial charge on any atom is -0.496 e. The van der Waals surface area contributed by atoms with Crippen molar-refractivity contribution in [3.8, 4) is 28.0 Å².